The minimum atomic E-state index is -3.08. The van der Waals surface area contributed by atoms with Crippen molar-refractivity contribution >= 4 is 15.7 Å². The van der Waals surface area contributed by atoms with E-state index in [0.717, 1.165) is 11.3 Å². The number of nitrogens with one attached hydrogen (secondary N) is 1. The van der Waals surface area contributed by atoms with Crippen molar-refractivity contribution in [1.82, 2.24) is 9.97 Å². The van der Waals surface area contributed by atoms with Gasteiger partial charge >= 0.3 is 0 Å². The predicted molar refractivity (Wildman–Crippen MR) is 59.6 cm³/mol. The highest BCUT2D eigenvalue weighted by Gasteiger charge is 2.11. The Balaban J connectivity index is 3.17. The van der Waals surface area contributed by atoms with E-state index in [2.05, 4.69) is 15.3 Å². The maximum atomic E-state index is 11.1. The minimum absolute atomic E-state index is 0.122. The lowest BCUT2D eigenvalue weighted by Crippen LogP contribution is -2.09. The fourth-order valence-corrected chi connectivity index (χ4v) is 1.83. The van der Waals surface area contributed by atoms with Gasteiger partial charge in [-0.2, -0.15) is 0 Å². The largest absolute Gasteiger partial charge is 0.373 e. The smallest absolute Gasteiger partial charge is 0.154 e. The first-order valence-corrected chi connectivity index (χ1v) is 6.59. The lowest BCUT2D eigenvalue weighted by Gasteiger charge is -2.08. The minimum Gasteiger partial charge on any atom is -0.373 e. The van der Waals surface area contributed by atoms with Gasteiger partial charge in [0.25, 0.3) is 0 Å². The summed E-state index contributed by atoms with van der Waals surface area (Å²) in [6.07, 6.45) is 1.17. The fourth-order valence-electron chi connectivity index (χ4n) is 1.23. The van der Waals surface area contributed by atoms with Crippen LogP contribution in [0.25, 0.3) is 0 Å². The maximum Gasteiger partial charge on any atom is 0.154 e. The Morgan fingerprint density at radius 1 is 1.27 bits per heavy atom. The standard InChI is InChI=1S/C9H15N3O2S/c1-6-7(2)11-8(5-15(4,13)14)12-9(6)10-3/h5H2,1-4H3,(H,10,11,12). The zero-order valence-corrected chi connectivity index (χ0v) is 10.1. The molecule has 0 atom stereocenters. The van der Waals surface area contributed by atoms with Crippen LogP contribution in [0.4, 0.5) is 5.82 Å². The van der Waals surface area contributed by atoms with Gasteiger partial charge in [0.05, 0.1) is 0 Å². The second-order valence-corrected chi connectivity index (χ2v) is 5.66. The fraction of sp³-hybridized carbons (Fsp3) is 0.556. The molecule has 1 N–H and O–H groups in total. The maximum absolute atomic E-state index is 11.1. The second kappa shape index (κ2) is 4.14. The van der Waals surface area contributed by atoms with Crippen molar-refractivity contribution < 1.29 is 8.42 Å². The Bertz CT molecular complexity index is 468. The number of nitrogens with zero attached hydrogens (tertiary/aromatic N) is 2. The van der Waals surface area contributed by atoms with E-state index >= 15 is 0 Å². The number of hydrogen-bond donors (Lipinski definition) is 1. The Morgan fingerprint density at radius 2 is 1.87 bits per heavy atom. The van der Waals surface area contributed by atoms with Gasteiger partial charge in [0.15, 0.2) is 9.84 Å². The highest BCUT2D eigenvalue weighted by molar-refractivity contribution is 7.89. The van der Waals surface area contributed by atoms with Crippen LogP contribution in [0.3, 0.4) is 0 Å². The van der Waals surface area contributed by atoms with Crippen molar-refractivity contribution in [1.29, 1.82) is 0 Å². The lowest BCUT2D eigenvalue weighted by atomic mass is 10.2. The topological polar surface area (TPSA) is 72.0 Å². The molecule has 1 rings (SSSR count). The molecule has 0 radical (unpaired) electrons. The van der Waals surface area contributed by atoms with Gasteiger partial charge in [0, 0.05) is 24.6 Å². The first kappa shape index (κ1) is 11.9. The molecule has 1 heterocycles. The van der Waals surface area contributed by atoms with Gasteiger partial charge in [0.2, 0.25) is 0 Å². The van der Waals surface area contributed by atoms with Crippen LogP contribution in [0.15, 0.2) is 0 Å². The molecule has 0 unspecified atom stereocenters. The summed E-state index contributed by atoms with van der Waals surface area (Å²) in [6, 6.07) is 0. The molecular formula is C9H15N3O2S. The third-order valence-corrected chi connectivity index (χ3v) is 2.85. The SMILES string of the molecule is CNc1nc(CS(C)(=O)=O)nc(C)c1C. The molecule has 0 aliphatic rings. The van der Waals surface area contributed by atoms with E-state index in [1.165, 1.54) is 6.26 Å². The van der Waals surface area contributed by atoms with Gasteiger partial charge < -0.3 is 5.32 Å². The molecular weight excluding hydrogens is 214 g/mol. The number of aromatic nitrogens is 2. The highest BCUT2D eigenvalue weighted by Crippen LogP contribution is 2.14. The Hall–Kier alpha value is -1.17. The van der Waals surface area contributed by atoms with Crippen molar-refractivity contribution in [3.8, 4) is 0 Å². The van der Waals surface area contributed by atoms with Gasteiger partial charge in [-0.1, -0.05) is 0 Å². The van der Waals surface area contributed by atoms with E-state index in [9.17, 15) is 8.42 Å². The molecule has 0 aromatic carbocycles. The molecule has 6 heteroatoms. The van der Waals surface area contributed by atoms with Gasteiger partial charge in [-0.3, -0.25) is 0 Å². The molecule has 0 saturated heterocycles. The van der Waals surface area contributed by atoms with Crippen LogP contribution in [0, 0.1) is 13.8 Å². The molecule has 0 saturated carbocycles. The molecule has 15 heavy (non-hydrogen) atoms. The average molecular weight is 229 g/mol. The van der Waals surface area contributed by atoms with E-state index < -0.39 is 9.84 Å². The quantitative estimate of drug-likeness (QED) is 0.825. The van der Waals surface area contributed by atoms with E-state index in [-0.39, 0.29) is 5.75 Å². The summed E-state index contributed by atoms with van der Waals surface area (Å²) in [5.74, 6) is 0.897. The van der Waals surface area contributed by atoms with E-state index in [4.69, 9.17) is 0 Å². The summed E-state index contributed by atoms with van der Waals surface area (Å²) in [7, 11) is -1.34. The first-order valence-electron chi connectivity index (χ1n) is 4.53. The van der Waals surface area contributed by atoms with Crippen LogP contribution >= 0.6 is 0 Å². The van der Waals surface area contributed by atoms with Crippen molar-refractivity contribution in [2.45, 2.75) is 19.6 Å². The third kappa shape index (κ3) is 3.16. The zero-order valence-electron chi connectivity index (χ0n) is 9.33. The molecule has 1 aromatic heterocycles. The molecule has 0 bridgehead atoms. The summed E-state index contributed by atoms with van der Waals surface area (Å²) in [6.45, 7) is 3.73. The number of anilines is 1. The van der Waals surface area contributed by atoms with E-state index in [1.54, 1.807) is 7.05 Å². The molecule has 0 amide bonds. The highest BCUT2D eigenvalue weighted by atomic mass is 32.2. The monoisotopic (exact) mass is 229 g/mol. The normalized spacial score (nSPS) is 11.5. The first-order chi connectivity index (χ1) is 6.83. The third-order valence-electron chi connectivity index (χ3n) is 2.06. The average Bonchev–Trinajstić information content (AvgIpc) is 2.08. The van der Waals surface area contributed by atoms with Crippen molar-refractivity contribution in [2.24, 2.45) is 0 Å². The van der Waals surface area contributed by atoms with Crippen molar-refractivity contribution in [3.63, 3.8) is 0 Å². The molecule has 5 nitrogen and oxygen atoms in total. The molecule has 0 fully saturated rings. The summed E-state index contributed by atoms with van der Waals surface area (Å²) in [5.41, 5.74) is 1.74. The Kier molecular flexibility index (Phi) is 3.28. The predicted octanol–water partition coefficient (Wildman–Crippen LogP) is 0.680. The number of sulfone groups is 1. The molecule has 0 aliphatic carbocycles. The number of hydrogen-bond acceptors (Lipinski definition) is 5. The van der Waals surface area contributed by atoms with Gasteiger partial charge in [-0.15, -0.1) is 0 Å². The van der Waals surface area contributed by atoms with Gasteiger partial charge in [-0.05, 0) is 13.8 Å². The zero-order chi connectivity index (χ0) is 11.6. The molecule has 1 aromatic rings. The Labute approximate surface area is 89.9 Å². The van der Waals surface area contributed by atoms with Crippen LogP contribution in [-0.2, 0) is 15.6 Å². The van der Waals surface area contributed by atoms with Gasteiger partial charge in [-0.25, -0.2) is 18.4 Å². The van der Waals surface area contributed by atoms with Crippen LogP contribution in [0.5, 0.6) is 0 Å². The molecule has 0 spiro atoms. The van der Waals surface area contributed by atoms with E-state index in [1.807, 2.05) is 13.8 Å². The second-order valence-electron chi connectivity index (χ2n) is 3.52. The van der Waals surface area contributed by atoms with Gasteiger partial charge in [0.1, 0.15) is 17.4 Å². The lowest BCUT2D eigenvalue weighted by molar-refractivity contribution is 0.599. The van der Waals surface area contributed by atoms with Crippen LogP contribution in [0.1, 0.15) is 17.1 Å². The van der Waals surface area contributed by atoms with Crippen molar-refractivity contribution in [3.05, 3.63) is 17.1 Å². The van der Waals surface area contributed by atoms with Crippen LogP contribution in [0.2, 0.25) is 0 Å². The summed E-state index contributed by atoms with van der Waals surface area (Å²) >= 11 is 0. The van der Waals surface area contributed by atoms with Crippen LogP contribution < -0.4 is 5.32 Å². The number of rotatable bonds is 3. The molecule has 0 aliphatic heterocycles. The summed E-state index contributed by atoms with van der Waals surface area (Å²) < 4.78 is 22.2. The number of aryl methyl sites for hydroxylation is 1. The molecule has 84 valence electrons. The summed E-state index contributed by atoms with van der Waals surface area (Å²) in [4.78, 5) is 8.27. The van der Waals surface area contributed by atoms with E-state index in [0.29, 0.717) is 11.6 Å². The Morgan fingerprint density at radius 3 is 2.33 bits per heavy atom. The van der Waals surface area contributed by atoms with Crippen LogP contribution in [-0.4, -0.2) is 31.7 Å². The summed E-state index contributed by atoms with van der Waals surface area (Å²) in [5, 5.41) is 2.92. The van der Waals surface area contributed by atoms with Crippen molar-refractivity contribution in [2.75, 3.05) is 18.6 Å².